The van der Waals surface area contributed by atoms with E-state index in [1.165, 1.54) is 0 Å². The molecule has 0 unspecified atom stereocenters. The van der Waals surface area contributed by atoms with E-state index in [9.17, 15) is 5.11 Å². The van der Waals surface area contributed by atoms with Crippen LogP contribution in [0, 0.1) is 6.92 Å². The summed E-state index contributed by atoms with van der Waals surface area (Å²) in [6.45, 7) is 1.83. The van der Waals surface area contributed by atoms with Gasteiger partial charge in [-0.25, -0.2) is 9.97 Å². The number of aliphatic hydroxyl groups excluding tert-OH is 1. The number of fused-ring (bicyclic) bond motifs is 1. The van der Waals surface area contributed by atoms with Crippen molar-refractivity contribution < 1.29 is 5.11 Å². The van der Waals surface area contributed by atoms with Crippen LogP contribution >= 0.6 is 11.6 Å². The number of aromatic nitrogens is 3. The Bertz CT molecular complexity index is 1060. The average Bonchev–Trinajstić information content (AvgIpc) is 3.08. The quantitative estimate of drug-likeness (QED) is 0.555. The fraction of sp³-hybridized carbons (Fsp3) is 0.100. The largest absolute Gasteiger partial charge is 0.388 e. The van der Waals surface area contributed by atoms with Crippen molar-refractivity contribution in [2.24, 2.45) is 0 Å². The summed E-state index contributed by atoms with van der Waals surface area (Å²) in [4.78, 5) is 9.08. The van der Waals surface area contributed by atoms with Crippen LogP contribution in [0.5, 0.6) is 0 Å². The molecule has 2 aromatic carbocycles. The third-order valence-electron chi connectivity index (χ3n) is 4.28. The monoisotopic (exact) mass is 364 g/mol. The summed E-state index contributed by atoms with van der Waals surface area (Å²) < 4.78 is 1.85. The van der Waals surface area contributed by atoms with Gasteiger partial charge in [-0.05, 0) is 18.6 Å². The molecule has 6 heteroatoms. The van der Waals surface area contributed by atoms with Crippen LogP contribution in [0.4, 0.5) is 11.5 Å². The fourth-order valence-corrected chi connectivity index (χ4v) is 3.18. The van der Waals surface area contributed by atoms with E-state index in [-0.39, 0.29) is 6.61 Å². The second-order valence-corrected chi connectivity index (χ2v) is 6.39. The highest BCUT2D eigenvalue weighted by Crippen LogP contribution is 2.31. The first kappa shape index (κ1) is 16.6. The molecule has 4 rings (SSSR count). The number of benzene rings is 2. The molecule has 0 amide bonds. The molecule has 26 heavy (non-hydrogen) atoms. The number of aliphatic hydroxyl groups is 1. The molecule has 0 atom stereocenters. The Morgan fingerprint density at radius 3 is 2.65 bits per heavy atom. The molecule has 0 aliphatic heterocycles. The van der Waals surface area contributed by atoms with E-state index in [2.05, 4.69) is 10.3 Å². The first-order valence-corrected chi connectivity index (χ1v) is 8.60. The van der Waals surface area contributed by atoms with Crippen LogP contribution in [0.2, 0.25) is 5.02 Å². The van der Waals surface area contributed by atoms with Crippen molar-refractivity contribution in [3.63, 3.8) is 0 Å². The van der Waals surface area contributed by atoms with Gasteiger partial charge in [0.15, 0.2) is 5.82 Å². The Labute approximate surface area is 155 Å². The molecule has 0 saturated heterocycles. The smallest absolute Gasteiger partial charge is 0.157 e. The van der Waals surface area contributed by atoms with Gasteiger partial charge in [0.2, 0.25) is 0 Å². The van der Waals surface area contributed by atoms with E-state index in [1.807, 2.05) is 66.1 Å². The molecule has 0 fully saturated rings. The van der Waals surface area contributed by atoms with Crippen LogP contribution in [0.25, 0.3) is 16.8 Å². The lowest BCUT2D eigenvalue weighted by molar-refractivity contribution is 0.270. The number of imidazole rings is 1. The maximum Gasteiger partial charge on any atom is 0.157 e. The highest BCUT2D eigenvalue weighted by Gasteiger charge is 2.14. The van der Waals surface area contributed by atoms with Gasteiger partial charge in [-0.15, -0.1) is 0 Å². The van der Waals surface area contributed by atoms with Gasteiger partial charge in [0.25, 0.3) is 0 Å². The van der Waals surface area contributed by atoms with Crippen LogP contribution < -0.4 is 5.32 Å². The van der Waals surface area contributed by atoms with E-state index in [0.717, 1.165) is 28.0 Å². The van der Waals surface area contributed by atoms with Crippen molar-refractivity contribution in [1.29, 1.82) is 0 Å². The van der Waals surface area contributed by atoms with E-state index in [4.69, 9.17) is 16.6 Å². The lowest BCUT2D eigenvalue weighted by Gasteiger charge is -2.14. The predicted octanol–water partition coefficient (Wildman–Crippen LogP) is 4.59. The predicted molar refractivity (Wildman–Crippen MR) is 104 cm³/mol. The topological polar surface area (TPSA) is 62.5 Å². The molecule has 130 valence electrons. The third-order valence-corrected chi connectivity index (χ3v) is 4.59. The fourth-order valence-electron chi connectivity index (χ4n) is 2.91. The molecule has 0 spiro atoms. The highest BCUT2D eigenvalue weighted by molar-refractivity contribution is 6.33. The minimum absolute atomic E-state index is 0.156. The first-order valence-electron chi connectivity index (χ1n) is 8.23. The number of hydrogen-bond donors (Lipinski definition) is 2. The average molecular weight is 365 g/mol. The lowest BCUT2D eigenvalue weighted by atomic mass is 10.1. The Balaban J connectivity index is 1.91. The van der Waals surface area contributed by atoms with Gasteiger partial charge in [-0.3, -0.25) is 4.40 Å². The maximum atomic E-state index is 9.61. The number of rotatable bonds is 4. The van der Waals surface area contributed by atoms with E-state index >= 15 is 0 Å². The van der Waals surface area contributed by atoms with E-state index in [1.54, 1.807) is 6.20 Å². The zero-order valence-corrected chi connectivity index (χ0v) is 14.9. The number of halogens is 1. The number of anilines is 2. The molecule has 2 heterocycles. The van der Waals surface area contributed by atoms with Crippen molar-refractivity contribution in [3.8, 4) is 11.3 Å². The number of nitrogens with one attached hydrogen (secondary N) is 1. The molecule has 2 aromatic heterocycles. The standard InChI is InChI=1S/C20H17ClN4O/c1-13-6-5-9-15(21)19(13)24-20-17-10-22-18(12-26)25(17)11-16(23-20)14-7-3-2-4-8-14/h2-11,26H,12H2,1H3,(H,23,24). The summed E-state index contributed by atoms with van der Waals surface area (Å²) in [7, 11) is 0. The Morgan fingerprint density at radius 1 is 1.12 bits per heavy atom. The molecule has 0 bridgehead atoms. The molecule has 0 aliphatic carbocycles. The molecular weight excluding hydrogens is 348 g/mol. The minimum atomic E-state index is -0.156. The summed E-state index contributed by atoms with van der Waals surface area (Å²) in [5.41, 5.74) is 4.35. The Hall–Kier alpha value is -2.89. The summed E-state index contributed by atoms with van der Waals surface area (Å²) in [6.07, 6.45) is 3.58. The van der Waals surface area contributed by atoms with Gasteiger partial charge < -0.3 is 10.4 Å². The van der Waals surface area contributed by atoms with Crippen LogP contribution in [0.3, 0.4) is 0 Å². The van der Waals surface area contributed by atoms with Crippen molar-refractivity contribution in [1.82, 2.24) is 14.4 Å². The zero-order chi connectivity index (χ0) is 18.1. The molecule has 0 aliphatic rings. The third kappa shape index (κ3) is 2.92. The molecule has 4 aromatic rings. The highest BCUT2D eigenvalue weighted by atomic mass is 35.5. The van der Waals surface area contributed by atoms with Gasteiger partial charge in [0.05, 0.1) is 22.6 Å². The second-order valence-electron chi connectivity index (χ2n) is 5.99. The van der Waals surface area contributed by atoms with E-state index < -0.39 is 0 Å². The SMILES string of the molecule is Cc1cccc(Cl)c1Nc1nc(-c2ccccc2)cn2c(CO)ncc12. The van der Waals surface area contributed by atoms with Crippen LogP contribution in [0.1, 0.15) is 11.4 Å². The van der Waals surface area contributed by atoms with Crippen LogP contribution in [-0.2, 0) is 6.61 Å². The normalized spacial score (nSPS) is 11.0. The molecule has 5 nitrogen and oxygen atoms in total. The summed E-state index contributed by atoms with van der Waals surface area (Å²) in [5.74, 6) is 1.19. The summed E-state index contributed by atoms with van der Waals surface area (Å²) >= 11 is 6.37. The minimum Gasteiger partial charge on any atom is -0.388 e. The van der Waals surface area contributed by atoms with Gasteiger partial charge in [-0.1, -0.05) is 54.1 Å². The van der Waals surface area contributed by atoms with Crippen molar-refractivity contribution in [2.75, 3.05) is 5.32 Å². The van der Waals surface area contributed by atoms with E-state index in [0.29, 0.717) is 16.7 Å². The molecule has 2 N–H and O–H groups in total. The summed E-state index contributed by atoms with van der Waals surface area (Å²) in [6, 6.07) is 15.6. The Morgan fingerprint density at radius 2 is 1.92 bits per heavy atom. The first-order chi connectivity index (χ1) is 12.7. The van der Waals surface area contributed by atoms with Crippen LogP contribution in [0.15, 0.2) is 60.9 Å². The number of nitrogens with zero attached hydrogens (tertiary/aromatic N) is 3. The zero-order valence-electron chi connectivity index (χ0n) is 14.1. The lowest BCUT2D eigenvalue weighted by Crippen LogP contribution is -2.03. The second kappa shape index (κ2) is 6.78. The van der Waals surface area contributed by atoms with Gasteiger partial charge >= 0.3 is 0 Å². The number of hydrogen-bond acceptors (Lipinski definition) is 4. The van der Waals surface area contributed by atoms with Gasteiger partial charge in [0, 0.05) is 11.8 Å². The van der Waals surface area contributed by atoms with Crippen LogP contribution in [-0.4, -0.2) is 19.5 Å². The summed E-state index contributed by atoms with van der Waals surface area (Å²) in [5, 5.41) is 13.6. The molecule has 0 radical (unpaired) electrons. The maximum absolute atomic E-state index is 9.61. The Kier molecular flexibility index (Phi) is 4.32. The number of para-hydroxylation sites is 1. The van der Waals surface area contributed by atoms with Gasteiger partial charge in [-0.2, -0.15) is 0 Å². The number of aryl methyl sites for hydroxylation is 1. The molecular formula is C20H17ClN4O. The van der Waals surface area contributed by atoms with Crippen molar-refractivity contribution >= 4 is 28.6 Å². The van der Waals surface area contributed by atoms with Gasteiger partial charge in [0.1, 0.15) is 17.9 Å². The van der Waals surface area contributed by atoms with Crippen molar-refractivity contribution in [2.45, 2.75) is 13.5 Å². The molecule has 0 saturated carbocycles. The van der Waals surface area contributed by atoms with Crippen molar-refractivity contribution in [3.05, 3.63) is 77.3 Å².